The Balaban J connectivity index is 1.89. The molecule has 103 valence electrons. The number of H-pyrrole nitrogens is 1. The number of fused-ring (bicyclic) bond motifs is 5. The van der Waals surface area contributed by atoms with E-state index in [-0.39, 0.29) is 0 Å². The second-order valence-electron chi connectivity index (χ2n) is 5.74. The van der Waals surface area contributed by atoms with E-state index in [2.05, 4.69) is 84.2 Å². The lowest BCUT2D eigenvalue weighted by Crippen LogP contribution is -1.82. The summed E-state index contributed by atoms with van der Waals surface area (Å²) in [6.07, 6.45) is 2.25. The van der Waals surface area contributed by atoms with Gasteiger partial charge in [0.1, 0.15) is 0 Å². The van der Waals surface area contributed by atoms with Crippen LogP contribution < -0.4 is 0 Å². The summed E-state index contributed by atoms with van der Waals surface area (Å²) in [6, 6.07) is 25.7. The second kappa shape index (κ2) is 4.35. The van der Waals surface area contributed by atoms with Gasteiger partial charge in [-0.25, -0.2) is 0 Å². The molecule has 1 aliphatic rings. The van der Waals surface area contributed by atoms with Crippen LogP contribution in [-0.4, -0.2) is 4.98 Å². The third-order valence-corrected chi connectivity index (χ3v) is 4.47. The molecule has 1 heterocycles. The lowest BCUT2D eigenvalue weighted by atomic mass is 9.96. The zero-order valence-corrected chi connectivity index (χ0v) is 12.0. The van der Waals surface area contributed by atoms with E-state index in [1.165, 1.54) is 44.4 Å². The first-order valence-electron chi connectivity index (χ1n) is 7.56. The molecule has 1 nitrogen and oxygen atoms in total. The van der Waals surface area contributed by atoms with Crippen molar-refractivity contribution >= 4 is 10.9 Å². The van der Waals surface area contributed by atoms with E-state index >= 15 is 0 Å². The summed E-state index contributed by atoms with van der Waals surface area (Å²) in [4.78, 5) is 3.58. The predicted molar refractivity (Wildman–Crippen MR) is 91.7 cm³/mol. The largest absolute Gasteiger partial charge is 0.357 e. The van der Waals surface area contributed by atoms with Crippen LogP contribution in [0.3, 0.4) is 0 Å². The summed E-state index contributed by atoms with van der Waals surface area (Å²) in [7, 11) is 0. The molecular weight excluding hydrogens is 266 g/mol. The minimum atomic E-state index is 1.21. The summed E-state index contributed by atoms with van der Waals surface area (Å²) in [5, 5.41) is 1.32. The van der Waals surface area contributed by atoms with E-state index in [9.17, 15) is 0 Å². The molecule has 1 heteroatoms. The molecule has 1 aliphatic carbocycles. The number of rotatable bonds is 1. The molecule has 0 amide bonds. The number of hydrogen-bond donors (Lipinski definition) is 1. The van der Waals surface area contributed by atoms with Crippen molar-refractivity contribution in [2.45, 2.75) is 0 Å². The van der Waals surface area contributed by atoms with Crippen LogP contribution in [0.25, 0.3) is 33.2 Å². The Bertz CT molecular complexity index is 993. The first-order valence-corrected chi connectivity index (χ1v) is 7.56. The van der Waals surface area contributed by atoms with Crippen molar-refractivity contribution in [3.05, 3.63) is 90.5 Å². The summed E-state index contributed by atoms with van der Waals surface area (Å²) in [5.41, 5.74) is 8.95. The molecule has 0 unspecified atom stereocenters. The number of benzene rings is 3. The van der Waals surface area contributed by atoms with Gasteiger partial charge in [-0.05, 0) is 28.3 Å². The summed E-state index contributed by atoms with van der Waals surface area (Å²) in [6.45, 7) is 0. The topological polar surface area (TPSA) is 15.8 Å². The summed E-state index contributed by atoms with van der Waals surface area (Å²) < 4.78 is 0. The van der Waals surface area contributed by atoms with Gasteiger partial charge >= 0.3 is 0 Å². The molecule has 0 atom stereocenters. The predicted octanol–water partition coefficient (Wildman–Crippen LogP) is 5.42. The third kappa shape index (κ3) is 1.54. The third-order valence-electron chi connectivity index (χ3n) is 4.47. The van der Waals surface area contributed by atoms with Crippen molar-refractivity contribution < 1.29 is 0 Å². The number of nitrogens with one attached hydrogen (secondary N) is 1. The van der Waals surface area contributed by atoms with Crippen molar-refractivity contribution in [3.8, 4) is 22.3 Å². The van der Waals surface area contributed by atoms with E-state index in [0.29, 0.717) is 0 Å². The Labute approximate surface area is 129 Å². The fourth-order valence-electron chi connectivity index (χ4n) is 3.52. The van der Waals surface area contributed by atoms with Gasteiger partial charge in [-0.15, -0.1) is 0 Å². The summed E-state index contributed by atoms with van der Waals surface area (Å²) >= 11 is 0. The molecule has 1 aromatic heterocycles. The average molecular weight is 280 g/mol. The van der Waals surface area contributed by atoms with Gasteiger partial charge in [0.05, 0.1) is 0 Å². The minimum absolute atomic E-state index is 1.21. The molecule has 1 radical (unpaired) electrons. The molecule has 0 aliphatic heterocycles. The Morgan fingerprint density at radius 1 is 0.636 bits per heavy atom. The van der Waals surface area contributed by atoms with Crippen LogP contribution >= 0.6 is 0 Å². The highest BCUT2D eigenvalue weighted by Gasteiger charge is 2.24. The quantitative estimate of drug-likeness (QED) is 0.422. The molecule has 0 spiro atoms. The van der Waals surface area contributed by atoms with E-state index in [1.54, 1.807) is 0 Å². The van der Waals surface area contributed by atoms with Gasteiger partial charge in [-0.1, -0.05) is 66.7 Å². The number of aromatic nitrogens is 1. The van der Waals surface area contributed by atoms with Crippen LogP contribution in [0.2, 0.25) is 0 Å². The lowest BCUT2D eigenvalue weighted by molar-refractivity contribution is 1.35. The Morgan fingerprint density at radius 3 is 2.32 bits per heavy atom. The van der Waals surface area contributed by atoms with Crippen molar-refractivity contribution in [1.82, 2.24) is 4.98 Å². The normalized spacial score (nSPS) is 12.4. The van der Waals surface area contributed by atoms with Crippen LogP contribution in [0, 0.1) is 6.42 Å². The smallest absolute Gasteiger partial charge is 0.0469 e. The Kier molecular flexibility index (Phi) is 2.33. The van der Waals surface area contributed by atoms with Crippen LogP contribution in [0.4, 0.5) is 0 Å². The zero-order valence-electron chi connectivity index (χ0n) is 12.0. The maximum atomic E-state index is 3.58. The van der Waals surface area contributed by atoms with Crippen LogP contribution in [-0.2, 0) is 0 Å². The van der Waals surface area contributed by atoms with Gasteiger partial charge in [0.2, 0.25) is 0 Å². The standard InChI is InChI=1S/C21H14N/c1-2-7-14(8-3-1)16-11-6-12-18-20(16)21-17-10-5-4-9-15(17)13-19(21)22-18/h1-13,22H. The molecule has 3 aromatic carbocycles. The maximum absolute atomic E-state index is 3.58. The molecular formula is C21H14N. The molecule has 0 fully saturated rings. The number of aromatic amines is 1. The monoisotopic (exact) mass is 280 g/mol. The van der Waals surface area contributed by atoms with E-state index in [1.807, 2.05) is 0 Å². The van der Waals surface area contributed by atoms with Crippen molar-refractivity contribution in [2.24, 2.45) is 0 Å². The zero-order chi connectivity index (χ0) is 14.5. The highest BCUT2D eigenvalue weighted by atomic mass is 14.7. The van der Waals surface area contributed by atoms with E-state index < -0.39 is 0 Å². The van der Waals surface area contributed by atoms with Gasteiger partial charge in [-0.2, -0.15) is 0 Å². The molecule has 22 heavy (non-hydrogen) atoms. The molecule has 0 bridgehead atoms. The van der Waals surface area contributed by atoms with E-state index in [4.69, 9.17) is 0 Å². The number of hydrogen-bond acceptors (Lipinski definition) is 0. The van der Waals surface area contributed by atoms with Gasteiger partial charge in [0.15, 0.2) is 0 Å². The van der Waals surface area contributed by atoms with Crippen molar-refractivity contribution in [1.29, 1.82) is 0 Å². The highest BCUT2D eigenvalue weighted by Crippen LogP contribution is 2.45. The fourth-order valence-corrected chi connectivity index (χ4v) is 3.52. The molecule has 5 rings (SSSR count). The van der Waals surface area contributed by atoms with Gasteiger partial charge in [0.25, 0.3) is 0 Å². The lowest BCUT2D eigenvalue weighted by Gasteiger charge is -2.07. The van der Waals surface area contributed by atoms with Gasteiger partial charge in [-0.3, -0.25) is 0 Å². The van der Waals surface area contributed by atoms with Gasteiger partial charge in [0, 0.05) is 28.6 Å². The second-order valence-corrected chi connectivity index (χ2v) is 5.74. The van der Waals surface area contributed by atoms with Gasteiger partial charge < -0.3 is 4.98 Å². The van der Waals surface area contributed by atoms with Crippen molar-refractivity contribution in [3.63, 3.8) is 0 Å². The minimum Gasteiger partial charge on any atom is -0.357 e. The SMILES string of the molecule is [CH]1c2ccccc2-c2c1[nH]c1cccc(-c3ccccc3)c21. The van der Waals surface area contributed by atoms with Crippen LogP contribution in [0.5, 0.6) is 0 Å². The summed E-state index contributed by atoms with van der Waals surface area (Å²) in [5.74, 6) is 0. The first-order chi connectivity index (χ1) is 10.9. The Hall–Kier alpha value is -2.80. The highest BCUT2D eigenvalue weighted by molar-refractivity contribution is 6.09. The molecule has 0 saturated carbocycles. The molecule has 0 saturated heterocycles. The van der Waals surface area contributed by atoms with Crippen LogP contribution in [0.1, 0.15) is 11.3 Å². The Morgan fingerprint density at radius 2 is 1.41 bits per heavy atom. The van der Waals surface area contributed by atoms with Crippen molar-refractivity contribution in [2.75, 3.05) is 0 Å². The first kappa shape index (κ1) is 11.8. The maximum Gasteiger partial charge on any atom is 0.0469 e. The van der Waals surface area contributed by atoms with Crippen LogP contribution in [0.15, 0.2) is 72.8 Å². The molecule has 4 aromatic rings. The molecule has 1 N–H and O–H groups in total. The fraction of sp³-hybridized carbons (Fsp3) is 0. The average Bonchev–Trinajstić information content (AvgIpc) is 3.10. The van der Waals surface area contributed by atoms with E-state index in [0.717, 1.165) is 0 Å².